The van der Waals surface area contributed by atoms with Crippen molar-refractivity contribution >= 4 is 13.2 Å². The zero-order valence-electron chi connectivity index (χ0n) is 17.1. The highest BCUT2D eigenvalue weighted by atomic mass is 31.1. The van der Waals surface area contributed by atoms with Crippen molar-refractivity contribution in [1.29, 1.82) is 0 Å². The maximum Gasteiger partial charge on any atom is 0.0929 e. The van der Waals surface area contributed by atoms with Crippen LogP contribution in [0.25, 0.3) is 11.3 Å². The van der Waals surface area contributed by atoms with Gasteiger partial charge in [0.2, 0.25) is 0 Å². The first kappa shape index (κ1) is 19.2. The molecule has 2 aliphatic rings. The largest absolute Gasteiger partial charge is 0.270 e. The molecule has 4 rings (SSSR count). The molecule has 2 fully saturated rings. The van der Waals surface area contributed by atoms with Crippen LogP contribution in [-0.2, 0) is 0 Å². The maximum absolute atomic E-state index is 4.94. The van der Waals surface area contributed by atoms with Crippen LogP contribution in [0.15, 0.2) is 36.5 Å². The summed E-state index contributed by atoms with van der Waals surface area (Å²) in [6, 6.07) is 11.9. The summed E-state index contributed by atoms with van der Waals surface area (Å²) in [6.07, 6.45) is 16.7. The zero-order valence-corrected chi connectivity index (χ0v) is 18.0. The molecular weight excluding hydrogens is 347 g/mol. The molecule has 0 aliphatic heterocycles. The molecule has 2 nitrogen and oxygen atoms in total. The van der Waals surface area contributed by atoms with E-state index in [1.165, 1.54) is 75.5 Å². The van der Waals surface area contributed by atoms with Crippen molar-refractivity contribution in [1.82, 2.24) is 9.78 Å². The van der Waals surface area contributed by atoms with E-state index >= 15 is 0 Å². The molecule has 2 aliphatic carbocycles. The first-order valence-corrected chi connectivity index (χ1v) is 12.6. The van der Waals surface area contributed by atoms with Gasteiger partial charge in [0, 0.05) is 17.8 Å². The fourth-order valence-electron chi connectivity index (χ4n) is 5.09. The molecule has 1 aromatic carbocycles. The Morgan fingerprint density at radius 1 is 0.852 bits per heavy atom. The van der Waals surface area contributed by atoms with Crippen LogP contribution >= 0.6 is 7.92 Å². The van der Waals surface area contributed by atoms with Crippen LogP contribution in [0.1, 0.15) is 84.1 Å². The first-order chi connectivity index (χ1) is 13.2. The summed E-state index contributed by atoms with van der Waals surface area (Å²) in [7, 11) is -0.0918. The van der Waals surface area contributed by atoms with Gasteiger partial charge in [-0.25, -0.2) is 0 Å². The number of rotatable bonds is 5. The second-order valence-corrected chi connectivity index (χ2v) is 11.5. The van der Waals surface area contributed by atoms with Gasteiger partial charge in [-0.3, -0.25) is 4.68 Å². The summed E-state index contributed by atoms with van der Waals surface area (Å²) < 4.78 is 2.11. The number of hydrogen-bond acceptors (Lipinski definition) is 1. The van der Waals surface area contributed by atoms with E-state index in [0.29, 0.717) is 6.04 Å². The molecular formula is C24H35N2P. The molecule has 0 bridgehead atoms. The molecule has 1 heterocycles. The number of nitrogens with zero attached hydrogens (tertiary/aromatic N) is 2. The topological polar surface area (TPSA) is 17.8 Å². The Morgan fingerprint density at radius 3 is 2.00 bits per heavy atom. The highest BCUT2D eigenvalue weighted by Gasteiger charge is 2.33. The van der Waals surface area contributed by atoms with E-state index in [-0.39, 0.29) is 7.92 Å². The highest BCUT2D eigenvalue weighted by Crippen LogP contribution is 2.56. The highest BCUT2D eigenvalue weighted by molar-refractivity contribution is 7.67. The van der Waals surface area contributed by atoms with Gasteiger partial charge in [0.05, 0.1) is 5.69 Å². The molecule has 0 unspecified atom stereocenters. The average Bonchev–Trinajstić information content (AvgIpc) is 3.21. The van der Waals surface area contributed by atoms with Crippen molar-refractivity contribution in [2.75, 3.05) is 0 Å². The summed E-state index contributed by atoms with van der Waals surface area (Å²) in [5.74, 6) is 0. The van der Waals surface area contributed by atoms with E-state index < -0.39 is 0 Å². The lowest BCUT2D eigenvalue weighted by atomic mass is 9.99. The lowest BCUT2D eigenvalue weighted by Crippen LogP contribution is -2.27. The zero-order chi connectivity index (χ0) is 18.6. The van der Waals surface area contributed by atoms with Crippen molar-refractivity contribution in [3.8, 4) is 11.3 Å². The molecule has 0 atom stereocenters. The average molecular weight is 383 g/mol. The molecule has 0 radical (unpaired) electrons. The van der Waals surface area contributed by atoms with Crippen molar-refractivity contribution in [2.24, 2.45) is 0 Å². The van der Waals surface area contributed by atoms with Gasteiger partial charge in [-0.1, -0.05) is 70.7 Å². The van der Waals surface area contributed by atoms with E-state index in [1.54, 1.807) is 5.30 Å². The Labute approximate surface area is 166 Å². The fraction of sp³-hybridized carbons (Fsp3) is 0.625. The summed E-state index contributed by atoms with van der Waals surface area (Å²) in [6.45, 7) is 4.42. The third-order valence-electron chi connectivity index (χ3n) is 6.53. The van der Waals surface area contributed by atoms with Crippen molar-refractivity contribution < 1.29 is 0 Å². The Bertz CT molecular complexity index is 705. The van der Waals surface area contributed by atoms with Crippen LogP contribution in [0.4, 0.5) is 0 Å². The second-order valence-electron chi connectivity index (χ2n) is 8.78. The summed E-state index contributed by atoms with van der Waals surface area (Å²) in [5, 5.41) is 6.59. The van der Waals surface area contributed by atoms with Crippen LogP contribution in [0.3, 0.4) is 0 Å². The number of hydrogen-bond donors (Lipinski definition) is 0. The molecule has 0 N–H and O–H groups in total. The summed E-state index contributed by atoms with van der Waals surface area (Å²) in [5.41, 5.74) is 4.47. The smallest absolute Gasteiger partial charge is 0.0929 e. The SMILES string of the molecule is CC(C)n1ccc(-c2ccccc2P(C2CCCCC2)C2CCCCC2)n1. The minimum absolute atomic E-state index is 0.0918. The van der Waals surface area contributed by atoms with Gasteiger partial charge in [-0.05, 0) is 62.2 Å². The lowest BCUT2D eigenvalue weighted by Gasteiger charge is -2.39. The molecule has 1 aromatic heterocycles. The van der Waals surface area contributed by atoms with Crippen LogP contribution < -0.4 is 5.30 Å². The van der Waals surface area contributed by atoms with Crippen LogP contribution in [0, 0.1) is 0 Å². The third-order valence-corrected chi connectivity index (χ3v) is 10.1. The third kappa shape index (κ3) is 4.32. The summed E-state index contributed by atoms with van der Waals surface area (Å²) >= 11 is 0. The summed E-state index contributed by atoms with van der Waals surface area (Å²) in [4.78, 5) is 0. The molecule has 2 aromatic rings. The Morgan fingerprint density at radius 2 is 1.44 bits per heavy atom. The van der Waals surface area contributed by atoms with Crippen LogP contribution in [0.2, 0.25) is 0 Å². The van der Waals surface area contributed by atoms with E-state index in [4.69, 9.17) is 5.10 Å². The molecule has 0 saturated heterocycles. The van der Waals surface area contributed by atoms with Gasteiger partial charge < -0.3 is 0 Å². The molecule has 27 heavy (non-hydrogen) atoms. The van der Waals surface area contributed by atoms with Crippen molar-refractivity contribution in [3.63, 3.8) is 0 Å². The molecule has 0 spiro atoms. The minimum atomic E-state index is -0.0918. The standard InChI is InChI=1S/C24H35N2P/c1-19(2)26-18-17-23(25-26)22-15-9-10-16-24(22)27(20-11-5-3-6-12-20)21-13-7-4-8-14-21/h9-10,15-21H,3-8,11-14H2,1-2H3. The van der Waals surface area contributed by atoms with Crippen molar-refractivity contribution in [3.05, 3.63) is 36.5 Å². The van der Waals surface area contributed by atoms with Crippen LogP contribution in [0.5, 0.6) is 0 Å². The maximum atomic E-state index is 4.94. The van der Waals surface area contributed by atoms with E-state index in [0.717, 1.165) is 11.3 Å². The van der Waals surface area contributed by atoms with E-state index in [1.807, 2.05) is 0 Å². The Balaban J connectivity index is 1.72. The van der Waals surface area contributed by atoms with Crippen molar-refractivity contribution in [2.45, 2.75) is 95.4 Å². The Hall–Kier alpha value is -1.14. The van der Waals surface area contributed by atoms with Gasteiger partial charge in [0.15, 0.2) is 0 Å². The molecule has 0 amide bonds. The van der Waals surface area contributed by atoms with Gasteiger partial charge >= 0.3 is 0 Å². The monoisotopic (exact) mass is 382 g/mol. The van der Waals surface area contributed by atoms with Crippen LogP contribution in [-0.4, -0.2) is 21.1 Å². The van der Waals surface area contributed by atoms with Gasteiger partial charge in [0.25, 0.3) is 0 Å². The molecule has 3 heteroatoms. The first-order valence-electron chi connectivity index (χ1n) is 11.2. The fourth-order valence-corrected chi connectivity index (χ4v) is 9.05. The quantitative estimate of drug-likeness (QED) is 0.514. The van der Waals surface area contributed by atoms with E-state index in [9.17, 15) is 0 Å². The predicted octanol–water partition coefficient (Wildman–Crippen LogP) is 6.90. The minimum Gasteiger partial charge on any atom is -0.270 e. The number of benzene rings is 1. The molecule has 146 valence electrons. The Kier molecular flexibility index (Phi) is 6.33. The predicted molar refractivity (Wildman–Crippen MR) is 118 cm³/mol. The van der Waals surface area contributed by atoms with E-state index in [2.05, 4.69) is 55.1 Å². The molecule has 2 saturated carbocycles. The normalized spacial score (nSPS) is 19.9. The second kappa shape index (κ2) is 8.91. The van der Waals surface area contributed by atoms with Gasteiger partial charge in [-0.15, -0.1) is 0 Å². The van der Waals surface area contributed by atoms with Gasteiger partial charge in [-0.2, -0.15) is 5.10 Å². The van der Waals surface area contributed by atoms with Gasteiger partial charge in [0.1, 0.15) is 0 Å². The number of aromatic nitrogens is 2. The lowest BCUT2D eigenvalue weighted by molar-refractivity contribution is 0.487.